The molecular weight excluding hydrogens is 328 g/mol. The van der Waals surface area contributed by atoms with Gasteiger partial charge in [-0.25, -0.2) is 0 Å². The normalized spacial score (nSPS) is 10.8. The number of halogens is 2. The highest BCUT2D eigenvalue weighted by molar-refractivity contribution is 7.82. The van der Waals surface area contributed by atoms with Crippen LogP contribution in [0, 0.1) is 0 Å². The summed E-state index contributed by atoms with van der Waals surface area (Å²) in [6.45, 7) is 0. The van der Waals surface area contributed by atoms with Gasteiger partial charge >= 0.3 is 0 Å². The van der Waals surface area contributed by atoms with Crippen LogP contribution in [0.3, 0.4) is 0 Å². The van der Waals surface area contributed by atoms with E-state index in [-0.39, 0.29) is 9.93 Å². The molecule has 0 aliphatic heterocycles. The van der Waals surface area contributed by atoms with Gasteiger partial charge in [-0.2, -0.15) is 0 Å². The molecule has 0 unspecified atom stereocenters. The second-order valence-corrected chi connectivity index (χ2v) is 7.80. The minimum Gasteiger partial charge on any atom is -0.323 e. The van der Waals surface area contributed by atoms with Gasteiger partial charge in [0.15, 0.2) is 7.14 Å². The Morgan fingerprint density at radius 2 is 1.33 bits per heavy atom. The van der Waals surface area contributed by atoms with Gasteiger partial charge < -0.3 is 9.88 Å². The standard InChI is InChI=1S/C15H12Cl2NO2P/c16-14(17)15(18-11-19)21(20,12-7-3-1-4-8-12)13-9-5-2-6-10-13/h1-11H,(H,18,19). The van der Waals surface area contributed by atoms with Crippen LogP contribution in [0.1, 0.15) is 0 Å². The fourth-order valence-corrected chi connectivity index (χ4v) is 5.30. The summed E-state index contributed by atoms with van der Waals surface area (Å²) in [5, 5.41) is 3.47. The number of nitrogens with one attached hydrogen (secondary N) is 1. The molecule has 0 fully saturated rings. The third kappa shape index (κ3) is 3.21. The Hall–Kier alpha value is -1.54. The van der Waals surface area contributed by atoms with Crippen molar-refractivity contribution in [2.45, 2.75) is 0 Å². The first-order chi connectivity index (χ1) is 10.1. The summed E-state index contributed by atoms with van der Waals surface area (Å²) in [6.07, 6.45) is 0.415. The van der Waals surface area contributed by atoms with Gasteiger partial charge in [0.2, 0.25) is 6.41 Å². The van der Waals surface area contributed by atoms with Crippen molar-refractivity contribution >= 4 is 47.4 Å². The van der Waals surface area contributed by atoms with Gasteiger partial charge in [-0.05, 0) is 0 Å². The smallest absolute Gasteiger partial charge is 0.211 e. The van der Waals surface area contributed by atoms with Gasteiger partial charge in [-0.15, -0.1) is 0 Å². The summed E-state index contributed by atoms with van der Waals surface area (Å²) in [6, 6.07) is 17.6. The summed E-state index contributed by atoms with van der Waals surface area (Å²) in [5.41, 5.74) is 0.0123. The van der Waals surface area contributed by atoms with Crippen LogP contribution >= 0.6 is 30.3 Å². The Balaban J connectivity index is 2.75. The van der Waals surface area contributed by atoms with Crippen LogP contribution in [0.25, 0.3) is 0 Å². The zero-order valence-electron chi connectivity index (χ0n) is 10.9. The zero-order valence-corrected chi connectivity index (χ0v) is 13.3. The minimum atomic E-state index is -3.33. The van der Waals surface area contributed by atoms with Crippen LogP contribution in [0.15, 0.2) is 70.6 Å². The van der Waals surface area contributed by atoms with E-state index in [0.29, 0.717) is 17.0 Å². The molecule has 0 bridgehead atoms. The van der Waals surface area contributed by atoms with Gasteiger partial charge in [-0.3, -0.25) is 4.79 Å². The number of hydrogen-bond donors (Lipinski definition) is 1. The predicted molar refractivity (Wildman–Crippen MR) is 87.7 cm³/mol. The van der Waals surface area contributed by atoms with Crippen LogP contribution in [-0.4, -0.2) is 6.41 Å². The summed E-state index contributed by atoms with van der Waals surface area (Å²) < 4.78 is 13.5. The summed E-state index contributed by atoms with van der Waals surface area (Å²) in [5.74, 6) is 0. The molecule has 0 aliphatic carbocycles. The van der Waals surface area contributed by atoms with E-state index >= 15 is 0 Å². The van der Waals surface area contributed by atoms with Crippen LogP contribution in [0.2, 0.25) is 0 Å². The van der Waals surface area contributed by atoms with Crippen molar-refractivity contribution in [1.82, 2.24) is 5.32 Å². The fourth-order valence-electron chi connectivity index (χ4n) is 2.00. The monoisotopic (exact) mass is 339 g/mol. The van der Waals surface area contributed by atoms with E-state index in [4.69, 9.17) is 23.2 Å². The Morgan fingerprint density at radius 1 is 0.905 bits per heavy atom. The SMILES string of the molecule is O=CNC(=C(Cl)Cl)P(=O)(c1ccccc1)c1ccccc1. The second-order valence-electron chi connectivity index (χ2n) is 4.15. The maximum Gasteiger partial charge on any atom is 0.211 e. The van der Waals surface area contributed by atoms with E-state index in [9.17, 15) is 9.36 Å². The Labute approximate surface area is 133 Å². The zero-order chi connectivity index (χ0) is 15.3. The Kier molecular flexibility index (Phi) is 5.24. The van der Waals surface area contributed by atoms with Gasteiger partial charge in [0.25, 0.3) is 0 Å². The van der Waals surface area contributed by atoms with Gasteiger partial charge in [0.05, 0.1) is 0 Å². The molecule has 0 radical (unpaired) electrons. The van der Waals surface area contributed by atoms with Gasteiger partial charge in [0, 0.05) is 10.6 Å². The average molecular weight is 340 g/mol. The number of carbonyl (C=O) groups excluding carboxylic acids is 1. The van der Waals surface area contributed by atoms with E-state index in [2.05, 4.69) is 5.32 Å². The first-order valence-corrected chi connectivity index (χ1v) is 8.54. The lowest BCUT2D eigenvalue weighted by molar-refractivity contribution is -0.108. The molecule has 6 heteroatoms. The quantitative estimate of drug-likeness (QED) is 0.670. The van der Waals surface area contributed by atoms with E-state index in [1.165, 1.54) is 0 Å². The third-order valence-electron chi connectivity index (χ3n) is 2.93. The second kappa shape index (κ2) is 6.95. The van der Waals surface area contributed by atoms with Crippen molar-refractivity contribution in [3.8, 4) is 0 Å². The lowest BCUT2D eigenvalue weighted by Gasteiger charge is -2.21. The van der Waals surface area contributed by atoms with E-state index in [0.717, 1.165) is 0 Å². The highest BCUT2D eigenvalue weighted by Gasteiger charge is 2.33. The summed E-state index contributed by atoms with van der Waals surface area (Å²) >= 11 is 11.7. The van der Waals surface area contributed by atoms with Crippen LogP contribution in [0.4, 0.5) is 0 Å². The van der Waals surface area contributed by atoms with Crippen molar-refractivity contribution in [1.29, 1.82) is 0 Å². The van der Waals surface area contributed by atoms with E-state index in [1.807, 2.05) is 12.1 Å². The number of hydrogen-bond acceptors (Lipinski definition) is 2. The first kappa shape index (κ1) is 15.8. The molecule has 0 aromatic heterocycles. The van der Waals surface area contributed by atoms with Crippen molar-refractivity contribution in [3.63, 3.8) is 0 Å². The molecule has 2 aromatic carbocycles. The Morgan fingerprint density at radius 3 is 1.67 bits per heavy atom. The van der Waals surface area contributed by atoms with E-state index < -0.39 is 7.14 Å². The molecule has 0 saturated heterocycles. The molecule has 2 aromatic rings. The van der Waals surface area contributed by atoms with E-state index in [1.54, 1.807) is 48.5 Å². The summed E-state index contributed by atoms with van der Waals surface area (Å²) in [4.78, 5) is 10.8. The molecule has 21 heavy (non-hydrogen) atoms. The van der Waals surface area contributed by atoms with Gasteiger partial charge in [-0.1, -0.05) is 83.9 Å². The topological polar surface area (TPSA) is 46.2 Å². The van der Waals surface area contributed by atoms with Crippen molar-refractivity contribution in [2.75, 3.05) is 0 Å². The molecular formula is C15H12Cl2NO2P. The molecule has 1 amide bonds. The van der Waals surface area contributed by atoms with Crippen LogP contribution < -0.4 is 15.9 Å². The molecule has 0 saturated carbocycles. The first-order valence-electron chi connectivity index (χ1n) is 6.08. The van der Waals surface area contributed by atoms with Crippen molar-refractivity contribution < 1.29 is 9.36 Å². The number of benzene rings is 2. The molecule has 2 rings (SSSR count). The number of rotatable bonds is 5. The van der Waals surface area contributed by atoms with Crippen LogP contribution in [0.5, 0.6) is 0 Å². The minimum absolute atomic E-state index is 0.0123. The predicted octanol–water partition coefficient (Wildman–Crippen LogP) is 3.35. The average Bonchev–Trinajstić information content (AvgIpc) is 2.53. The fraction of sp³-hybridized carbons (Fsp3) is 0. The van der Waals surface area contributed by atoms with Crippen molar-refractivity contribution in [3.05, 3.63) is 70.6 Å². The third-order valence-corrected chi connectivity index (χ3v) is 6.60. The largest absolute Gasteiger partial charge is 0.323 e. The maximum atomic E-state index is 13.7. The number of carbonyl (C=O) groups is 1. The molecule has 3 nitrogen and oxygen atoms in total. The lowest BCUT2D eigenvalue weighted by Crippen LogP contribution is -2.24. The number of amides is 1. The molecule has 1 N–H and O–H groups in total. The molecule has 0 atom stereocenters. The highest BCUT2D eigenvalue weighted by Crippen LogP contribution is 2.52. The molecule has 0 aliphatic rings. The molecule has 0 heterocycles. The van der Waals surface area contributed by atoms with Crippen LogP contribution in [-0.2, 0) is 9.36 Å². The maximum absolute atomic E-state index is 13.7. The molecule has 108 valence electrons. The Bertz CT molecular complexity index is 655. The summed E-state index contributed by atoms with van der Waals surface area (Å²) in [7, 11) is -3.33. The van der Waals surface area contributed by atoms with Gasteiger partial charge in [0.1, 0.15) is 9.93 Å². The lowest BCUT2D eigenvalue weighted by atomic mass is 10.4. The van der Waals surface area contributed by atoms with Crippen molar-refractivity contribution in [2.24, 2.45) is 0 Å². The highest BCUT2D eigenvalue weighted by atomic mass is 35.5. The molecule has 0 spiro atoms.